The Bertz CT molecular complexity index is 695. The maximum absolute atomic E-state index is 12.0. The molecule has 0 bridgehead atoms. The number of aryl methyl sites for hydroxylation is 1. The van der Waals surface area contributed by atoms with Gasteiger partial charge in [0.25, 0.3) is 11.7 Å². The van der Waals surface area contributed by atoms with E-state index in [4.69, 9.17) is 4.52 Å². The van der Waals surface area contributed by atoms with Crippen LogP contribution in [0.25, 0.3) is 0 Å². The molecule has 1 aromatic carbocycles. The van der Waals surface area contributed by atoms with Crippen LogP contribution in [0.2, 0.25) is 0 Å². The van der Waals surface area contributed by atoms with Gasteiger partial charge in [-0.25, -0.2) is 0 Å². The number of rotatable bonds is 2. The zero-order valence-electron chi connectivity index (χ0n) is 9.88. The van der Waals surface area contributed by atoms with E-state index < -0.39 is 11.7 Å². The van der Waals surface area contributed by atoms with Crippen LogP contribution in [0, 0.1) is 6.92 Å². The molecule has 1 aromatic heterocycles. The van der Waals surface area contributed by atoms with Crippen LogP contribution in [-0.2, 0) is 11.3 Å². The highest BCUT2D eigenvalue weighted by Crippen LogP contribution is 2.32. The lowest BCUT2D eigenvalue weighted by molar-refractivity contribution is -0.114. The molecule has 0 saturated heterocycles. The molecule has 2 aromatic rings. The number of ketones is 1. The molecule has 0 spiro atoms. The van der Waals surface area contributed by atoms with Crippen molar-refractivity contribution >= 4 is 33.3 Å². The molecule has 0 radical (unpaired) electrons. The first-order chi connectivity index (χ1) is 9.06. The maximum Gasteiger partial charge on any atom is 0.299 e. The number of carbonyl (C=O) groups is 2. The summed E-state index contributed by atoms with van der Waals surface area (Å²) in [5.74, 6) is -0.309. The van der Waals surface area contributed by atoms with Crippen molar-refractivity contribution in [1.29, 1.82) is 0 Å². The number of hydrogen-bond acceptors (Lipinski definition) is 5. The topological polar surface area (TPSA) is 76.3 Å². The molecule has 0 saturated carbocycles. The number of halogens is 1. The van der Waals surface area contributed by atoms with Crippen molar-refractivity contribution in [3.63, 3.8) is 0 Å². The fourth-order valence-electron chi connectivity index (χ4n) is 1.96. The Hall–Kier alpha value is -2.02. The lowest BCUT2D eigenvalue weighted by Crippen LogP contribution is -2.29. The van der Waals surface area contributed by atoms with E-state index in [1.54, 1.807) is 25.1 Å². The third-order valence-corrected chi connectivity index (χ3v) is 3.29. The summed E-state index contributed by atoms with van der Waals surface area (Å²) in [5, 5.41) is 3.66. The molecule has 0 atom stereocenters. The van der Waals surface area contributed by atoms with Crippen LogP contribution in [0.4, 0.5) is 5.69 Å². The van der Waals surface area contributed by atoms with Crippen LogP contribution < -0.4 is 4.90 Å². The summed E-state index contributed by atoms with van der Waals surface area (Å²) in [6, 6.07) is 5.07. The minimum absolute atomic E-state index is 0.0921. The summed E-state index contributed by atoms with van der Waals surface area (Å²) in [6.07, 6.45) is 0. The van der Waals surface area contributed by atoms with E-state index in [-0.39, 0.29) is 6.54 Å². The zero-order valence-corrected chi connectivity index (χ0v) is 11.5. The van der Waals surface area contributed by atoms with E-state index in [0.717, 1.165) is 4.47 Å². The Labute approximate surface area is 116 Å². The van der Waals surface area contributed by atoms with E-state index in [9.17, 15) is 9.59 Å². The molecule has 0 N–H and O–H groups in total. The third-order valence-electron chi connectivity index (χ3n) is 2.80. The second-order valence-electron chi connectivity index (χ2n) is 4.12. The van der Waals surface area contributed by atoms with Crippen molar-refractivity contribution in [3.8, 4) is 0 Å². The fourth-order valence-corrected chi connectivity index (χ4v) is 2.31. The van der Waals surface area contributed by atoms with Crippen LogP contribution >= 0.6 is 15.9 Å². The second-order valence-corrected chi connectivity index (χ2v) is 5.03. The summed E-state index contributed by atoms with van der Waals surface area (Å²) in [7, 11) is 0. The fraction of sp³-hybridized carbons (Fsp3) is 0.167. The molecule has 3 rings (SSSR count). The maximum atomic E-state index is 12.0. The standard InChI is InChI=1S/C12H8BrN3O3/c1-6-14-10(19-15-6)5-16-9-4-7(13)2-3-8(9)11(17)12(16)18/h2-4H,5H2,1H3. The molecular weight excluding hydrogens is 314 g/mol. The van der Waals surface area contributed by atoms with E-state index in [0.29, 0.717) is 23.0 Å². The molecule has 7 heteroatoms. The molecule has 1 amide bonds. The van der Waals surface area contributed by atoms with E-state index in [2.05, 4.69) is 26.1 Å². The number of fused-ring (bicyclic) bond motifs is 1. The first-order valence-electron chi connectivity index (χ1n) is 5.51. The van der Waals surface area contributed by atoms with E-state index in [1.807, 2.05) is 0 Å². The monoisotopic (exact) mass is 321 g/mol. The second kappa shape index (κ2) is 4.27. The SMILES string of the molecule is Cc1noc(CN2C(=O)C(=O)c3ccc(Br)cc32)n1. The molecular formula is C12H8BrN3O3. The Morgan fingerprint density at radius 3 is 2.84 bits per heavy atom. The molecule has 0 fully saturated rings. The number of Topliss-reactive ketones (excluding diaryl/α,β-unsaturated/α-hetero) is 1. The highest BCUT2D eigenvalue weighted by Gasteiger charge is 2.36. The first kappa shape index (κ1) is 12.0. The molecule has 1 aliphatic rings. The van der Waals surface area contributed by atoms with Crippen LogP contribution in [0.15, 0.2) is 27.2 Å². The van der Waals surface area contributed by atoms with Gasteiger partial charge in [-0.15, -0.1) is 0 Å². The molecule has 96 valence electrons. The summed E-state index contributed by atoms with van der Waals surface area (Å²) < 4.78 is 5.77. The Morgan fingerprint density at radius 1 is 1.37 bits per heavy atom. The Morgan fingerprint density at radius 2 is 2.16 bits per heavy atom. The number of carbonyl (C=O) groups excluding carboxylic acids is 2. The number of nitrogens with zero attached hydrogens (tertiary/aromatic N) is 3. The Balaban J connectivity index is 2.01. The van der Waals surface area contributed by atoms with Crippen molar-refractivity contribution in [2.24, 2.45) is 0 Å². The minimum atomic E-state index is -0.580. The van der Waals surface area contributed by atoms with Gasteiger partial charge in [0.1, 0.15) is 6.54 Å². The Kier molecular flexibility index (Phi) is 2.70. The molecule has 2 heterocycles. The van der Waals surface area contributed by atoms with Gasteiger partial charge in [0.2, 0.25) is 5.89 Å². The summed E-state index contributed by atoms with van der Waals surface area (Å²) in [6.45, 7) is 1.78. The van der Waals surface area contributed by atoms with Crippen LogP contribution in [0.3, 0.4) is 0 Å². The lowest BCUT2D eigenvalue weighted by Gasteiger charge is -2.13. The first-order valence-corrected chi connectivity index (χ1v) is 6.30. The minimum Gasteiger partial charge on any atom is -0.337 e. The van der Waals surface area contributed by atoms with Gasteiger partial charge in [0.05, 0.1) is 11.3 Å². The van der Waals surface area contributed by atoms with E-state index >= 15 is 0 Å². The van der Waals surface area contributed by atoms with Crippen molar-refractivity contribution in [1.82, 2.24) is 10.1 Å². The molecule has 0 unspecified atom stereocenters. The van der Waals surface area contributed by atoms with Gasteiger partial charge in [-0.2, -0.15) is 4.98 Å². The highest BCUT2D eigenvalue weighted by molar-refractivity contribution is 9.10. The molecule has 19 heavy (non-hydrogen) atoms. The van der Waals surface area contributed by atoms with Crippen LogP contribution in [-0.4, -0.2) is 21.8 Å². The molecule has 1 aliphatic heterocycles. The average Bonchev–Trinajstić information content (AvgIpc) is 2.88. The van der Waals surface area contributed by atoms with Crippen LogP contribution in [0.1, 0.15) is 22.1 Å². The van der Waals surface area contributed by atoms with Crippen molar-refractivity contribution in [2.75, 3.05) is 4.90 Å². The number of hydrogen-bond donors (Lipinski definition) is 0. The smallest absolute Gasteiger partial charge is 0.299 e. The molecule has 0 aliphatic carbocycles. The lowest BCUT2D eigenvalue weighted by atomic mass is 10.1. The predicted molar refractivity (Wildman–Crippen MR) is 68.7 cm³/mol. The van der Waals surface area contributed by atoms with Gasteiger partial charge in [-0.1, -0.05) is 21.1 Å². The number of benzene rings is 1. The van der Waals surface area contributed by atoms with Gasteiger partial charge in [0, 0.05) is 4.47 Å². The summed E-state index contributed by atoms with van der Waals surface area (Å²) in [4.78, 5) is 29.2. The summed E-state index contributed by atoms with van der Waals surface area (Å²) >= 11 is 3.32. The van der Waals surface area contributed by atoms with Crippen molar-refractivity contribution in [3.05, 3.63) is 40.0 Å². The largest absolute Gasteiger partial charge is 0.337 e. The third kappa shape index (κ3) is 1.95. The van der Waals surface area contributed by atoms with Gasteiger partial charge in [-0.3, -0.25) is 14.5 Å². The van der Waals surface area contributed by atoms with Gasteiger partial charge in [0.15, 0.2) is 5.82 Å². The van der Waals surface area contributed by atoms with Gasteiger partial charge in [-0.05, 0) is 25.1 Å². The van der Waals surface area contributed by atoms with Gasteiger partial charge < -0.3 is 4.52 Å². The highest BCUT2D eigenvalue weighted by atomic mass is 79.9. The quantitative estimate of drug-likeness (QED) is 0.789. The normalized spacial score (nSPS) is 14.1. The van der Waals surface area contributed by atoms with Crippen LogP contribution in [0.5, 0.6) is 0 Å². The number of aromatic nitrogens is 2. The average molecular weight is 322 g/mol. The predicted octanol–water partition coefficient (Wildman–Crippen LogP) is 1.87. The zero-order chi connectivity index (χ0) is 13.6. The van der Waals surface area contributed by atoms with E-state index in [1.165, 1.54) is 4.90 Å². The molecule has 6 nitrogen and oxygen atoms in total. The van der Waals surface area contributed by atoms with Crippen molar-refractivity contribution in [2.45, 2.75) is 13.5 Å². The van der Waals surface area contributed by atoms with Gasteiger partial charge >= 0.3 is 0 Å². The number of anilines is 1. The summed E-state index contributed by atoms with van der Waals surface area (Å²) in [5.41, 5.74) is 0.949. The number of amides is 1. The van der Waals surface area contributed by atoms with Crippen molar-refractivity contribution < 1.29 is 14.1 Å².